The third-order valence-electron chi connectivity index (χ3n) is 16.6. The molecular weight excluding hydrogens is 1310 g/mol. The molecule has 0 saturated carbocycles. The van der Waals surface area contributed by atoms with E-state index in [0.717, 1.165) is 41.5 Å². The van der Waals surface area contributed by atoms with Crippen molar-refractivity contribution in [3.05, 3.63) is 0 Å². The third kappa shape index (κ3) is 19.2. The summed E-state index contributed by atoms with van der Waals surface area (Å²) >= 11 is 0. The number of nitrogens with one attached hydrogen (secondary N) is 6. The molecule has 0 radical (unpaired) electrons. The number of rotatable bonds is 29. The van der Waals surface area contributed by atoms with Gasteiger partial charge in [-0.15, -0.1) is 0 Å². The molecule has 0 spiro atoms. The van der Waals surface area contributed by atoms with Gasteiger partial charge in [0.1, 0.15) is 164 Å². The lowest BCUT2D eigenvalue weighted by Gasteiger charge is -2.51. The topological polar surface area (TPSA) is 650 Å². The van der Waals surface area contributed by atoms with Gasteiger partial charge in [-0.05, 0) is 0 Å². The average molecular weight is 1400 g/mol. The van der Waals surface area contributed by atoms with Crippen molar-refractivity contribution in [2.24, 2.45) is 0 Å². The van der Waals surface area contributed by atoms with Gasteiger partial charge >= 0.3 is 0 Å². The Balaban J connectivity index is 1.23. The van der Waals surface area contributed by atoms with E-state index in [2.05, 4.69) is 31.9 Å². The first kappa shape index (κ1) is 80.6. The summed E-state index contributed by atoms with van der Waals surface area (Å²) in [4.78, 5) is 75.7. The molecule has 6 fully saturated rings. The quantitative estimate of drug-likeness (QED) is 0.0331. The first-order chi connectivity index (χ1) is 45.3. The highest BCUT2D eigenvalue weighted by atomic mass is 16.8. The molecule has 6 aliphatic heterocycles. The average Bonchev–Trinajstić information content (AvgIpc) is 0.774. The van der Waals surface area contributed by atoms with E-state index in [1.165, 1.54) is 0 Å². The Bertz CT molecular complexity index is 2510. The molecule has 6 amide bonds. The second-order valence-electron chi connectivity index (χ2n) is 23.7. The number of hydrogen-bond donors (Lipinski definition) is 24. The third-order valence-corrected chi connectivity index (χ3v) is 16.6. The van der Waals surface area contributed by atoms with Crippen molar-refractivity contribution in [3.8, 4) is 0 Å². The maximum Gasteiger partial charge on any atom is 0.217 e. The lowest BCUT2D eigenvalue weighted by atomic mass is 9.92. The van der Waals surface area contributed by atoms with Crippen LogP contribution in [-0.2, 0) is 85.6 Å². The molecule has 6 heterocycles. The minimum Gasteiger partial charge on any atom is -0.394 e. The molecule has 34 atom stereocenters. The SMILES string of the molecule is CC(=O)N[C@H]1[C@H](O[C@H]2[C@H](O)[C@@H](NC(C)=O)[C@H](O[C@H]3[C@H](O)[C@@H](NC(C)=O)[C@H](O[C@H]4[C@H](O)[C@@H](NC(C)=O)[C@H](O[C@H]5[C@H](O)[C@@H](NC(C)=O)[C@H](O[C@@H]([C@H](O)[C@H](CO)NC(C)=O)[C@H](O)CO)O[C@@H]5CO)O[C@@H]4CO)O[C@@H]3CO)O[C@@H]2CO)O[C@H](CO)[C@@H](O[C@@H]2O[C@H](CO)[C@H](O)[C@H](O)[C@H]2O)[C@@H]1O. The highest BCUT2D eigenvalue weighted by molar-refractivity contribution is 5.75. The highest BCUT2D eigenvalue weighted by Gasteiger charge is 2.59. The Kier molecular flexibility index (Phi) is 30.5. The van der Waals surface area contributed by atoms with Gasteiger partial charge in [0.2, 0.25) is 35.4 Å². The zero-order valence-electron chi connectivity index (χ0n) is 52.7. The van der Waals surface area contributed by atoms with Crippen molar-refractivity contribution in [2.75, 3.05) is 52.9 Å². The van der Waals surface area contributed by atoms with E-state index < -0.39 is 297 Å². The lowest BCUT2D eigenvalue weighted by molar-refractivity contribution is -0.373. The number of amides is 6. The smallest absolute Gasteiger partial charge is 0.217 e. The van der Waals surface area contributed by atoms with Crippen molar-refractivity contribution < 1.29 is 178 Å². The number of ether oxygens (including phenoxy) is 12. The molecule has 42 nitrogen and oxygen atoms in total. The van der Waals surface area contributed by atoms with Gasteiger partial charge in [0.15, 0.2) is 37.7 Å². The van der Waals surface area contributed by atoms with Crippen molar-refractivity contribution in [1.29, 1.82) is 0 Å². The van der Waals surface area contributed by atoms with Gasteiger partial charge in [0.25, 0.3) is 0 Å². The predicted octanol–water partition coefficient (Wildman–Crippen LogP) is -15.8. The van der Waals surface area contributed by atoms with Gasteiger partial charge in [-0.25, -0.2) is 0 Å². The van der Waals surface area contributed by atoms with Gasteiger partial charge in [0, 0.05) is 41.5 Å². The van der Waals surface area contributed by atoms with Crippen LogP contribution in [0.25, 0.3) is 0 Å². The van der Waals surface area contributed by atoms with Crippen molar-refractivity contribution in [3.63, 3.8) is 0 Å². The molecule has 6 rings (SSSR count). The standard InChI is InChI=1S/C54H92N6O36/c1-15(69)55-21(7-61)34(76)43(22(75)8-62)91-49-29(56-16(2)70)36(78)44(24(10-64)86-49)92-50-30(57-17(3)71)37(79)45(25(11-65)87-50)93-51-31(58-18(4)72)38(80)46(26(12-66)88-51)94-52-32(59-19(5)73)39(81)47(27(13-67)89-52)95-53-33(60-20(6)74)40(82)48(28(14-68)90-53)96-54-42(84)41(83)35(77)23(9-63)85-54/h21-54,61-68,75-84H,7-14H2,1-6H3,(H,55,69)(H,56,70)(H,57,71)(H,58,72)(H,59,73)(H,60,74)/t21-,22+,23+,24+,25+,26+,27+,28+,29+,30+,31+,32+,33+,34+,35-,36+,37+,38+,39+,40+,41-,42+,43+,44+,45+,46+,47+,48+,49-,50-,51-,52-,53-,54-/m0/s1. The van der Waals surface area contributed by atoms with Crippen LogP contribution in [0.15, 0.2) is 0 Å². The summed E-state index contributed by atoms with van der Waals surface area (Å²) < 4.78 is 71.5. The van der Waals surface area contributed by atoms with Gasteiger partial charge in [-0.2, -0.15) is 0 Å². The van der Waals surface area contributed by atoms with Crippen molar-refractivity contribution >= 4 is 35.4 Å². The molecule has 0 bridgehead atoms. The molecule has 554 valence electrons. The number of aliphatic hydroxyl groups is 18. The molecule has 0 unspecified atom stereocenters. The molecule has 0 aromatic carbocycles. The van der Waals surface area contributed by atoms with E-state index >= 15 is 0 Å². The second kappa shape index (κ2) is 36.3. The first-order valence-corrected chi connectivity index (χ1v) is 30.5. The van der Waals surface area contributed by atoms with E-state index in [0.29, 0.717) is 0 Å². The van der Waals surface area contributed by atoms with Crippen LogP contribution in [-0.4, -0.2) is 388 Å². The van der Waals surface area contributed by atoms with Gasteiger partial charge in [-0.1, -0.05) is 0 Å². The molecule has 6 aliphatic rings. The fourth-order valence-corrected chi connectivity index (χ4v) is 12.0. The summed E-state index contributed by atoms with van der Waals surface area (Å²) in [7, 11) is 0. The largest absolute Gasteiger partial charge is 0.394 e. The summed E-state index contributed by atoms with van der Waals surface area (Å²) in [6.07, 6.45) is -53.6. The van der Waals surface area contributed by atoms with Crippen LogP contribution in [0.3, 0.4) is 0 Å². The Labute approximate surface area is 546 Å². The summed E-state index contributed by atoms with van der Waals surface area (Å²) in [6.45, 7) is -2.24. The molecule has 0 aromatic heterocycles. The summed E-state index contributed by atoms with van der Waals surface area (Å²) in [5.41, 5.74) is 0. The summed E-state index contributed by atoms with van der Waals surface area (Å²) in [5.74, 6) is -5.09. The Morgan fingerprint density at radius 3 is 0.844 bits per heavy atom. The zero-order valence-corrected chi connectivity index (χ0v) is 52.7. The van der Waals surface area contributed by atoms with Gasteiger partial charge < -0.3 is 181 Å². The van der Waals surface area contributed by atoms with Crippen LogP contribution in [0.2, 0.25) is 0 Å². The molecule has 42 heteroatoms. The van der Waals surface area contributed by atoms with Crippen LogP contribution >= 0.6 is 0 Å². The number of carbonyl (C=O) groups excluding carboxylic acids is 6. The summed E-state index contributed by atoms with van der Waals surface area (Å²) in [6, 6.07) is -10.6. The van der Waals surface area contributed by atoms with Crippen LogP contribution in [0.1, 0.15) is 41.5 Å². The Hall–Kier alpha value is -4.38. The minimum absolute atomic E-state index is 0.742. The second-order valence-corrected chi connectivity index (χ2v) is 23.7. The lowest BCUT2D eigenvalue weighted by Crippen LogP contribution is -2.72. The Morgan fingerprint density at radius 2 is 0.594 bits per heavy atom. The molecule has 96 heavy (non-hydrogen) atoms. The van der Waals surface area contributed by atoms with Crippen LogP contribution in [0.5, 0.6) is 0 Å². The highest BCUT2D eigenvalue weighted by Crippen LogP contribution is 2.38. The number of hydrogen-bond acceptors (Lipinski definition) is 36. The van der Waals surface area contributed by atoms with Crippen molar-refractivity contribution in [1.82, 2.24) is 31.9 Å². The predicted molar refractivity (Wildman–Crippen MR) is 304 cm³/mol. The monoisotopic (exact) mass is 1400 g/mol. The Morgan fingerprint density at radius 1 is 0.333 bits per heavy atom. The fourth-order valence-electron chi connectivity index (χ4n) is 12.0. The fraction of sp³-hybridized carbons (Fsp3) is 0.889. The zero-order chi connectivity index (χ0) is 71.5. The first-order valence-electron chi connectivity index (χ1n) is 30.5. The normalized spacial score (nSPS) is 41.8. The van der Waals surface area contributed by atoms with Crippen LogP contribution in [0, 0.1) is 0 Å². The summed E-state index contributed by atoms with van der Waals surface area (Å²) in [5, 5.41) is 211. The molecule has 24 N–H and O–H groups in total. The number of aliphatic hydroxyl groups excluding tert-OH is 18. The van der Waals surface area contributed by atoms with Gasteiger partial charge in [-0.3, -0.25) is 28.8 Å². The molecular formula is C54H92N6O36. The molecule has 0 aliphatic carbocycles. The van der Waals surface area contributed by atoms with E-state index in [9.17, 15) is 121 Å². The molecule has 6 saturated heterocycles. The van der Waals surface area contributed by atoms with E-state index in [1.807, 2.05) is 0 Å². The van der Waals surface area contributed by atoms with Crippen LogP contribution < -0.4 is 31.9 Å². The molecule has 0 aromatic rings. The van der Waals surface area contributed by atoms with E-state index in [1.54, 1.807) is 0 Å². The van der Waals surface area contributed by atoms with Gasteiger partial charge in [0.05, 0.1) is 58.9 Å². The minimum atomic E-state index is -2.13. The number of carbonyl (C=O) groups is 6. The van der Waals surface area contributed by atoms with E-state index in [4.69, 9.17) is 56.8 Å². The maximum absolute atomic E-state index is 12.9. The van der Waals surface area contributed by atoms with Crippen molar-refractivity contribution in [2.45, 2.75) is 250 Å². The van der Waals surface area contributed by atoms with Crippen LogP contribution in [0.4, 0.5) is 0 Å². The maximum atomic E-state index is 12.9. The van der Waals surface area contributed by atoms with E-state index in [-0.39, 0.29) is 0 Å².